The number of hydrogen-bond donors (Lipinski definition) is 2. The molecule has 1 fully saturated rings. The Bertz CT molecular complexity index is 726. The average molecular weight is 373 g/mol. The van der Waals surface area contributed by atoms with Crippen LogP contribution in [-0.4, -0.2) is 43.5 Å². The fourth-order valence-electron chi connectivity index (χ4n) is 3.47. The summed E-state index contributed by atoms with van der Waals surface area (Å²) >= 11 is 0. The lowest BCUT2D eigenvalue weighted by Gasteiger charge is -2.31. The highest BCUT2D eigenvalue weighted by molar-refractivity contribution is 6.39. The predicted octanol–water partition coefficient (Wildman–Crippen LogP) is 1.86. The van der Waals surface area contributed by atoms with Gasteiger partial charge in [-0.15, -0.1) is 0 Å². The Kier molecular flexibility index (Phi) is 6.11. The number of amides is 3. The molecule has 0 bridgehead atoms. The summed E-state index contributed by atoms with van der Waals surface area (Å²) in [6, 6.07) is 5.46. The summed E-state index contributed by atoms with van der Waals surface area (Å²) in [5.74, 6) is -1.43. The molecule has 146 valence electrons. The van der Waals surface area contributed by atoms with Crippen LogP contribution in [0, 0.1) is 5.92 Å². The number of rotatable bonds is 4. The monoisotopic (exact) mass is 373 g/mol. The maximum absolute atomic E-state index is 12.5. The highest BCUT2D eigenvalue weighted by atomic mass is 16.5. The second-order valence-corrected chi connectivity index (χ2v) is 7.39. The number of anilines is 2. The molecule has 1 aromatic carbocycles. The van der Waals surface area contributed by atoms with Crippen LogP contribution in [0.3, 0.4) is 0 Å². The van der Waals surface area contributed by atoms with Gasteiger partial charge in [0.25, 0.3) is 0 Å². The normalized spacial score (nSPS) is 18.9. The van der Waals surface area contributed by atoms with Crippen LogP contribution in [0.2, 0.25) is 0 Å². The quantitative estimate of drug-likeness (QED) is 0.789. The van der Waals surface area contributed by atoms with Gasteiger partial charge in [0.05, 0.1) is 6.10 Å². The fourth-order valence-corrected chi connectivity index (χ4v) is 3.47. The molecule has 2 N–H and O–H groups in total. The van der Waals surface area contributed by atoms with Crippen molar-refractivity contribution in [3.63, 3.8) is 0 Å². The molecule has 1 saturated heterocycles. The van der Waals surface area contributed by atoms with E-state index in [4.69, 9.17) is 4.74 Å². The topological polar surface area (TPSA) is 87.7 Å². The van der Waals surface area contributed by atoms with Crippen LogP contribution < -0.4 is 15.5 Å². The molecule has 3 rings (SSSR count). The van der Waals surface area contributed by atoms with Crippen molar-refractivity contribution in [2.45, 2.75) is 45.6 Å². The molecule has 0 aliphatic carbocycles. The van der Waals surface area contributed by atoms with Crippen molar-refractivity contribution < 1.29 is 19.1 Å². The first-order chi connectivity index (χ1) is 13.0. The van der Waals surface area contributed by atoms with Crippen LogP contribution in [0.5, 0.6) is 0 Å². The van der Waals surface area contributed by atoms with Gasteiger partial charge in [-0.05, 0) is 43.4 Å². The van der Waals surface area contributed by atoms with Gasteiger partial charge in [-0.2, -0.15) is 0 Å². The number of carbonyl (C=O) groups excluding carboxylic acids is 3. The number of carbonyl (C=O) groups is 3. The first kappa shape index (κ1) is 19.4. The van der Waals surface area contributed by atoms with Crippen molar-refractivity contribution in [1.82, 2.24) is 5.32 Å². The molecule has 1 unspecified atom stereocenters. The third-order valence-electron chi connectivity index (χ3n) is 4.94. The molecule has 1 atom stereocenters. The molecule has 1 aromatic rings. The second kappa shape index (κ2) is 8.52. The van der Waals surface area contributed by atoms with Gasteiger partial charge in [0.2, 0.25) is 5.91 Å². The van der Waals surface area contributed by atoms with Gasteiger partial charge in [-0.25, -0.2) is 0 Å². The van der Waals surface area contributed by atoms with Crippen LogP contribution in [0.25, 0.3) is 0 Å². The first-order valence-electron chi connectivity index (χ1n) is 9.61. The lowest BCUT2D eigenvalue weighted by molar-refractivity contribution is -0.136. The van der Waals surface area contributed by atoms with Gasteiger partial charge in [-0.1, -0.05) is 19.9 Å². The summed E-state index contributed by atoms with van der Waals surface area (Å²) < 4.78 is 5.43. The van der Waals surface area contributed by atoms with Crippen molar-refractivity contribution in [2.75, 3.05) is 29.9 Å². The van der Waals surface area contributed by atoms with E-state index < -0.39 is 11.8 Å². The van der Waals surface area contributed by atoms with Gasteiger partial charge >= 0.3 is 11.8 Å². The van der Waals surface area contributed by atoms with Crippen LogP contribution in [0.15, 0.2) is 18.2 Å². The number of fused-ring (bicyclic) bond motifs is 1. The van der Waals surface area contributed by atoms with E-state index in [0.29, 0.717) is 25.4 Å². The molecule has 27 heavy (non-hydrogen) atoms. The maximum Gasteiger partial charge on any atom is 0.313 e. The number of hydrogen-bond acceptors (Lipinski definition) is 4. The van der Waals surface area contributed by atoms with Crippen molar-refractivity contribution in [1.29, 1.82) is 0 Å². The standard InChI is InChI=1S/C20H27N3O4/c1-13(2)20(26)23-9-3-5-14-7-8-15(11-17(14)23)22-19(25)18(24)21-12-16-6-4-10-27-16/h7-8,11,13,16H,3-6,9-10,12H2,1-2H3,(H,21,24)(H,22,25). The van der Waals surface area contributed by atoms with Gasteiger partial charge in [0.1, 0.15) is 0 Å². The van der Waals surface area contributed by atoms with Gasteiger partial charge in [0.15, 0.2) is 0 Å². The van der Waals surface area contributed by atoms with E-state index in [9.17, 15) is 14.4 Å². The van der Waals surface area contributed by atoms with Crippen LogP contribution in [0.4, 0.5) is 11.4 Å². The Balaban J connectivity index is 1.65. The fraction of sp³-hybridized carbons (Fsp3) is 0.550. The average Bonchev–Trinajstić information content (AvgIpc) is 3.18. The molecule has 2 aliphatic rings. The van der Waals surface area contributed by atoms with E-state index >= 15 is 0 Å². The van der Waals surface area contributed by atoms with Crippen LogP contribution in [0.1, 0.15) is 38.7 Å². The minimum Gasteiger partial charge on any atom is -0.376 e. The predicted molar refractivity (Wildman–Crippen MR) is 103 cm³/mol. The molecule has 2 aliphatic heterocycles. The third kappa shape index (κ3) is 4.66. The van der Waals surface area contributed by atoms with Crippen LogP contribution in [-0.2, 0) is 25.5 Å². The van der Waals surface area contributed by atoms with Crippen molar-refractivity contribution >= 4 is 29.1 Å². The molecule has 0 saturated carbocycles. The van der Waals surface area contributed by atoms with E-state index in [1.807, 2.05) is 19.9 Å². The molecule has 0 spiro atoms. The van der Waals surface area contributed by atoms with E-state index in [1.165, 1.54) is 0 Å². The third-order valence-corrected chi connectivity index (χ3v) is 4.94. The highest BCUT2D eigenvalue weighted by Gasteiger charge is 2.25. The van der Waals surface area contributed by atoms with E-state index in [1.54, 1.807) is 17.0 Å². The van der Waals surface area contributed by atoms with Crippen molar-refractivity contribution in [3.8, 4) is 0 Å². The molecular weight excluding hydrogens is 346 g/mol. The number of nitrogens with zero attached hydrogens (tertiary/aromatic N) is 1. The van der Waals surface area contributed by atoms with E-state index in [0.717, 1.165) is 36.9 Å². The molecule has 2 heterocycles. The summed E-state index contributed by atoms with van der Waals surface area (Å²) in [5.41, 5.74) is 2.41. The van der Waals surface area contributed by atoms with Crippen molar-refractivity contribution in [2.24, 2.45) is 5.92 Å². The molecule has 0 radical (unpaired) electrons. The Morgan fingerprint density at radius 3 is 2.74 bits per heavy atom. The lowest BCUT2D eigenvalue weighted by Crippen LogP contribution is -2.40. The molecule has 7 nitrogen and oxygen atoms in total. The minimum atomic E-state index is -0.717. The Hall–Kier alpha value is -2.41. The van der Waals surface area contributed by atoms with Crippen LogP contribution >= 0.6 is 0 Å². The SMILES string of the molecule is CC(C)C(=O)N1CCCc2ccc(NC(=O)C(=O)NCC3CCCO3)cc21. The number of nitrogens with one attached hydrogen (secondary N) is 2. The van der Waals surface area contributed by atoms with E-state index in [-0.39, 0.29) is 17.9 Å². The van der Waals surface area contributed by atoms with E-state index in [2.05, 4.69) is 10.6 Å². The summed E-state index contributed by atoms with van der Waals surface area (Å²) in [4.78, 5) is 38.4. The summed E-state index contributed by atoms with van der Waals surface area (Å²) in [6.45, 7) is 5.46. The number of ether oxygens (including phenoxy) is 1. The molecule has 7 heteroatoms. The zero-order chi connectivity index (χ0) is 19.4. The number of aryl methyl sites for hydroxylation is 1. The van der Waals surface area contributed by atoms with Crippen molar-refractivity contribution in [3.05, 3.63) is 23.8 Å². The maximum atomic E-state index is 12.5. The lowest BCUT2D eigenvalue weighted by atomic mass is 9.99. The number of benzene rings is 1. The Morgan fingerprint density at radius 2 is 2.04 bits per heavy atom. The minimum absolute atomic E-state index is 0.0129. The second-order valence-electron chi connectivity index (χ2n) is 7.39. The summed E-state index contributed by atoms with van der Waals surface area (Å²) in [5, 5.41) is 5.23. The van der Waals surface area contributed by atoms with Gasteiger partial charge in [-0.3, -0.25) is 14.4 Å². The first-order valence-corrected chi connectivity index (χ1v) is 9.61. The summed E-state index contributed by atoms with van der Waals surface area (Å²) in [6.07, 6.45) is 3.68. The largest absolute Gasteiger partial charge is 0.376 e. The zero-order valence-electron chi connectivity index (χ0n) is 15.9. The smallest absolute Gasteiger partial charge is 0.313 e. The Morgan fingerprint density at radius 1 is 1.22 bits per heavy atom. The summed E-state index contributed by atoms with van der Waals surface area (Å²) in [7, 11) is 0. The van der Waals surface area contributed by atoms with Gasteiger partial charge < -0.3 is 20.3 Å². The molecular formula is C20H27N3O4. The zero-order valence-corrected chi connectivity index (χ0v) is 15.9. The molecule has 0 aromatic heterocycles. The highest BCUT2D eigenvalue weighted by Crippen LogP contribution is 2.31. The Labute approximate surface area is 159 Å². The molecule has 3 amide bonds. The van der Waals surface area contributed by atoms with Gasteiger partial charge in [0, 0.05) is 37.0 Å².